The topological polar surface area (TPSA) is 70.1 Å². The van der Waals surface area contributed by atoms with E-state index >= 15 is 0 Å². The Morgan fingerprint density at radius 2 is 2.11 bits per heavy atom. The molecule has 2 unspecified atom stereocenters. The number of carbonyl (C=O) groups excluding carboxylic acids is 1. The van der Waals surface area contributed by atoms with Crippen molar-refractivity contribution < 1.29 is 9.53 Å². The quantitative estimate of drug-likeness (QED) is 0.843. The van der Waals surface area contributed by atoms with Crippen molar-refractivity contribution in [3.05, 3.63) is 18.2 Å². The first-order valence-electron chi connectivity index (χ1n) is 7.01. The Labute approximate surface area is 114 Å². The maximum atomic E-state index is 12.0. The van der Waals surface area contributed by atoms with Gasteiger partial charge >= 0.3 is 5.97 Å². The summed E-state index contributed by atoms with van der Waals surface area (Å²) in [4.78, 5) is 16.1. The van der Waals surface area contributed by atoms with Crippen LogP contribution < -0.4 is 5.73 Å². The number of esters is 1. The number of hydrogen-bond donors (Lipinski definition) is 1. The Morgan fingerprint density at radius 1 is 1.42 bits per heavy atom. The number of ether oxygens (including phenoxy) is 1. The third-order valence-electron chi connectivity index (χ3n) is 3.64. The first kappa shape index (κ1) is 14.1. The third kappa shape index (κ3) is 3.80. The summed E-state index contributed by atoms with van der Waals surface area (Å²) in [5.41, 5.74) is 5.84. The van der Waals surface area contributed by atoms with Gasteiger partial charge in [-0.1, -0.05) is 13.8 Å². The minimum absolute atomic E-state index is 0.0332. The molecule has 106 valence electrons. The number of hydrogen-bond acceptors (Lipinski definition) is 4. The van der Waals surface area contributed by atoms with Gasteiger partial charge in [0.15, 0.2) is 5.69 Å². The number of carbonyl (C=O) groups is 1. The van der Waals surface area contributed by atoms with Gasteiger partial charge in [-0.15, -0.1) is 0 Å². The third-order valence-corrected chi connectivity index (χ3v) is 3.64. The van der Waals surface area contributed by atoms with Crippen LogP contribution in [0.4, 0.5) is 0 Å². The Hall–Kier alpha value is -1.36. The highest BCUT2D eigenvalue weighted by Crippen LogP contribution is 2.30. The minimum atomic E-state index is -0.318. The lowest BCUT2D eigenvalue weighted by atomic mass is 9.82. The summed E-state index contributed by atoms with van der Waals surface area (Å²) in [6.07, 6.45) is 6.49. The maximum absolute atomic E-state index is 12.0. The van der Waals surface area contributed by atoms with Crippen molar-refractivity contribution in [3.63, 3.8) is 0 Å². The molecule has 1 aromatic rings. The van der Waals surface area contributed by atoms with Gasteiger partial charge in [-0.3, -0.25) is 0 Å². The van der Waals surface area contributed by atoms with Crippen LogP contribution in [0.25, 0.3) is 0 Å². The van der Waals surface area contributed by atoms with E-state index in [1.165, 1.54) is 6.42 Å². The van der Waals surface area contributed by atoms with Gasteiger partial charge in [0.1, 0.15) is 6.10 Å². The van der Waals surface area contributed by atoms with E-state index in [9.17, 15) is 4.79 Å². The Morgan fingerprint density at radius 3 is 2.74 bits per heavy atom. The van der Waals surface area contributed by atoms with Crippen molar-refractivity contribution in [3.8, 4) is 0 Å². The monoisotopic (exact) mass is 265 g/mol. The molecule has 0 bridgehead atoms. The van der Waals surface area contributed by atoms with Crippen LogP contribution in [0.1, 0.15) is 43.6 Å². The molecule has 5 nitrogen and oxygen atoms in total. The summed E-state index contributed by atoms with van der Waals surface area (Å²) in [6.45, 7) is 5.62. The number of nitrogens with zero attached hydrogens (tertiary/aromatic N) is 2. The predicted octanol–water partition coefficient (Wildman–Crippen LogP) is 1.82. The van der Waals surface area contributed by atoms with Gasteiger partial charge in [0, 0.05) is 19.3 Å². The van der Waals surface area contributed by atoms with Crippen LogP contribution in [0.15, 0.2) is 12.5 Å². The second kappa shape index (κ2) is 6.19. The summed E-state index contributed by atoms with van der Waals surface area (Å²) in [5.74, 6) is 0.926. The zero-order valence-electron chi connectivity index (χ0n) is 11.7. The molecule has 0 aliphatic heterocycles. The molecule has 1 saturated carbocycles. The van der Waals surface area contributed by atoms with Crippen molar-refractivity contribution in [2.24, 2.45) is 17.6 Å². The molecule has 1 heterocycles. The number of nitrogens with two attached hydrogens (primary N) is 1. The average Bonchev–Trinajstić information content (AvgIpc) is 2.76. The van der Waals surface area contributed by atoms with Gasteiger partial charge < -0.3 is 15.0 Å². The van der Waals surface area contributed by atoms with Gasteiger partial charge in [0.2, 0.25) is 0 Å². The molecule has 0 spiro atoms. The summed E-state index contributed by atoms with van der Waals surface area (Å²) < 4.78 is 7.37. The molecule has 2 N–H and O–H groups in total. The van der Waals surface area contributed by atoms with Crippen LogP contribution in [-0.2, 0) is 11.3 Å². The number of rotatable bonds is 4. The zero-order valence-corrected chi connectivity index (χ0v) is 11.7. The van der Waals surface area contributed by atoms with Crippen LogP contribution in [0.3, 0.4) is 0 Å². The van der Waals surface area contributed by atoms with Crippen molar-refractivity contribution in [2.45, 2.75) is 45.8 Å². The normalized spacial score (nSPS) is 27.2. The molecule has 5 heteroatoms. The van der Waals surface area contributed by atoms with E-state index in [2.05, 4.69) is 18.8 Å². The Kier molecular flexibility index (Phi) is 4.58. The van der Waals surface area contributed by atoms with Gasteiger partial charge in [0.05, 0.1) is 6.33 Å². The summed E-state index contributed by atoms with van der Waals surface area (Å²) >= 11 is 0. The fourth-order valence-corrected chi connectivity index (χ4v) is 2.92. The predicted molar refractivity (Wildman–Crippen MR) is 72.7 cm³/mol. The molecule has 1 aliphatic rings. The number of aromatic nitrogens is 2. The van der Waals surface area contributed by atoms with E-state index in [0.717, 1.165) is 12.8 Å². The van der Waals surface area contributed by atoms with Crippen LogP contribution >= 0.6 is 0 Å². The maximum Gasteiger partial charge on any atom is 0.358 e. The second-order valence-electron chi connectivity index (χ2n) is 5.73. The molecule has 2 rings (SSSR count). The van der Waals surface area contributed by atoms with E-state index < -0.39 is 0 Å². The highest BCUT2D eigenvalue weighted by molar-refractivity contribution is 5.87. The molecular formula is C14H23N3O2. The molecule has 19 heavy (non-hydrogen) atoms. The lowest BCUT2D eigenvalue weighted by Gasteiger charge is -2.30. The molecule has 1 fully saturated rings. The highest BCUT2D eigenvalue weighted by Gasteiger charge is 2.27. The fraction of sp³-hybridized carbons (Fsp3) is 0.714. The first-order valence-corrected chi connectivity index (χ1v) is 7.01. The van der Waals surface area contributed by atoms with E-state index in [1.54, 1.807) is 12.5 Å². The molecular weight excluding hydrogens is 242 g/mol. The smallest absolute Gasteiger partial charge is 0.358 e. The van der Waals surface area contributed by atoms with Crippen LogP contribution in [0, 0.1) is 11.8 Å². The number of imidazole rings is 1. The second-order valence-corrected chi connectivity index (χ2v) is 5.73. The van der Waals surface area contributed by atoms with Crippen molar-refractivity contribution in [1.82, 2.24) is 9.55 Å². The molecule has 1 aliphatic carbocycles. The average molecular weight is 265 g/mol. The standard InChI is InChI=1S/C14H23N3O2/c1-10-5-11(2)7-12(6-10)19-14(18)13-8-17(4-3-15)9-16-13/h8-12H,3-7,15H2,1-2H3. The van der Waals surface area contributed by atoms with Crippen LogP contribution in [-0.4, -0.2) is 28.2 Å². The zero-order chi connectivity index (χ0) is 13.8. The molecule has 0 radical (unpaired) electrons. The van der Waals surface area contributed by atoms with Crippen LogP contribution in [0.5, 0.6) is 0 Å². The Balaban J connectivity index is 1.92. The lowest BCUT2D eigenvalue weighted by Crippen LogP contribution is -2.28. The van der Waals surface area contributed by atoms with Gasteiger partial charge in [-0.05, 0) is 31.1 Å². The van der Waals surface area contributed by atoms with Crippen molar-refractivity contribution >= 4 is 5.97 Å². The summed E-state index contributed by atoms with van der Waals surface area (Å²) in [6, 6.07) is 0. The fourth-order valence-electron chi connectivity index (χ4n) is 2.92. The lowest BCUT2D eigenvalue weighted by molar-refractivity contribution is 0.00749. The highest BCUT2D eigenvalue weighted by atomic mass is 16.5. The van der Waals surface area contributed by atoms with E-state index in [-0.39, 0.29) is 12.1 Å². The van der Waals surface area contributed by atoms with E-state index in [0.29, 0.717) is 30.6 Å². The van der Waals surface area contributed by atoms with E-state index in [4.69, 9.17) is 10.5 Å². The molecule has 1 aromatic heterocycles. The first-order chi connectivity index (χ1) is 9.08. The molecule has 2 atom stereocenters. The molecule has 0 saturated heterocycles. The molecule has 0 amide bonds. The summed E-state index contributed by atoms with van der Waals surface area (Å²) in [5, 5.41) is 0. The van der Waals surface area contributed by atoms with Crippen molar-refractivity contribution in [2.75, 3.05) is 6.54 Å². The summed E-state index contributed by atoms with van der Waals surface area (Å²) in [7, 11) is 0. The van der Waals surface area contributed by atoms with Gasteiger partial charge in [-0.2, -0.15) is 0 Å². The Bertz CT molecular complexity index is 420. The minimum Gasteiger partial charge on any atom is -0.458 e. The van der Waals surface area contributed by atoms with Crippen molar-refractivity contribution in [1.29, 1.82) is 0 Å². The molecule has 0 aromatic carbocycles. The van der Waals surface area contributed by atoms with Crippen LogP contribution in [0.2, 0.25) is 0 Å². The SMILES string of the molecule is CC1CC(C)CC(OC(=O)c2cn(CCN)cn2)C1. The van der Waals surface area contributed by atoms with E-state index in [1.807, 2.05) is 4.57 Å². The van der Waals surface area contributed by atoms with Gasteiger partial charge in [0.25, 0.3) is 0 Å². The van der Waals surface area contributed by atoms with Gasteiger partial charge in [-0.25, -0.2) is 9.78 Å². The largest absolute Gasteiger partial charge is 0.458 e.